The van der Waals surface area contributed by atoms with Crippen molar-refractivity contribution in [3.63, 3.8) is 0 Å². The summed E-state index contributed by atoms with van der Waals surface area (Å²) >= 11 is 0. The molecule has 132 valence electrons. The van der Waals surface area contributed by atoms with Crippen LogP contribution < -0.4 is 9.62 Å². The molecule has 0 saturated heterocycles. The lowest BCUT2D eigenvalue weighted by atomic mass is 10.1. The fourth-order valence-corrected chi connectivity index (χ4v) is 3.87. The van der Waals surface area contributed by atoms with Gasteiger partial charge in [-0.05, 0) is 12.1 Å². The van der Waals surface area contributed by atoms with Gasteiger partial charge in [-0.1, -0.05) is 24.3 Å². The zero-order chi connectivity index (χ0) is 18.0. The molecule has 0 unspecified atom stereocenters. The highest BCUT2D eigenvalue weighted by atomic mass is 32.2. The quantitative estimate of drug-likeness (QED) is 0.494. The van der Waals surface area contributed by atoms with Crippen LogP contribution in [0.5, 0.6) is 0 Å². The van der Waals surface area contributed by atoms with Gasteiger partial charge in [-0.2, -0.15) is 0 Å². The predicted octanol–water partition coefficient (Wildman–Crippen LogP) is 1.29. The van der Waals surface area contributed by atoms with Crippen molar-refractivity contribution in [3.8, 4) is 0 Å². The van der Waals surface area contributed by atoms with Gasteiger partial charge in [-0.15, -0.1) is 0 Å². The van der Waals surface area contributed by atoms with Gasteiger partial charge in [0.25, 0.3) is 0 Å². The Kier molecular flexibility index (Phi) is 5.64. The van der Waals surface area contributed by atoms with Gasteiger partial charge in [0.1, 0.15) is 0 Å². The van der Waals surface area contributed by atoms with E-state index >= 15 is 0 Å². The van der Waals surface area contributed by atoms with E-state index in [4.69, 9.17) is 9.79 Å². The molecule has 3 N–H and O–H groups in total. The van der Waals surface area contributed by atoms with Gasteiger partial charge in [0.2, 0.25) is 10.0 Å². The molecule has 0 aromatic heterocycles. The topological polar surface area (TPSA) is 116 Å². The molecule has 2 rings (SSSR count). The van der Waals surface area contributed by atoms with Crippen LogP contribution in [0.4, 0.5) is 5.69 Å². The molecular formula is C14H19N2O6PS. The number of fused-ring (bicyclic) bond motifs is 1. The molecule has 0 radical (unpaired) electrons. The van der Waals surface area contributed by atoms with Gasteiger partial charge in [-0.25, -0.2) is 17.7 Å². The molecular weight excluding hydrogens is 355 g/mol. The van der Waals surface area contributed by atoms with Crippen LogP contribution in [0, 0.1) is 0 Å². The molecule has 0 heterocycles. The third-order valence-electron chi connectivity index (χ3n) is 3.28. The van der Waals surface area contributed by atoms with E-state index in [0.29, 0.717) is 5.39 Å². The standard InChI is InChI=1S/C14H19N2O6PS/c1-16(2)13-7-3-6-12-11(13)5-4-8-14(12)24(20,21)15-9-10-22-23(17,18)19/h3-8,15H,9-10H2,1-2H3,(H2,17,18,19). The minimum absolute atomic E-state index is 0.0971. The lowest BCUT2D eigenvalue weighted by Gasteiger charge is -2.17. The van der Waals surface area contributed by atoms with Crippen molar-refractivity contribution in [3.05, 3.63) is 36.4 Å². The van der Waals surface area contributed by atoms with Crippen molar-refractivity contribution in [2.24, 2.45) is 0 Å². The number of rotatable bonds is 7. The average Bonchev–Trinajstić information content (AvgIpc) is 2.49. The lowest BCUT2D eigenvalue weighted by Crippen LogP contribution is -2.27. The molecule has 0 spiro atoms. The molecule has 0 saturated carbocycles. The summed E-state index contributed by atoms with van der Waals surface area (Å²) in [5.74, 6) is 0. The highest BCUT2D eigenvalue weighted by molar-refractivity contribution is 7.89. The van der Waals surface area contributed by atoms with Crippen molar-refractivity contribution in [2.45, 2.75) is 4.90 Å². The summed E-state index contributed by atoms with van der Waals surface area (Å²) in [6.45, 7) is -0.686. The first-order chi connectivity index (χ1) is 11.1. The van der Waals surface area contributed by atoms with Gasteiger partial charge in [0, 0.05) is 37.1 Å². The molecule has 24 heavy (non-hydrogen) atoms. The highest BCUT2D eigenvalue weighted by Crippen LogP contribution is 2.35. The van der Waals surface area contributed by atoms with Gasteiger partial charge < -0.3 is 14.7 Å². The molecule has 0 atom stereocenters. The molecule has 0 aliphatic rings. The maximum Gasteiger partial charge on any atom is 0.469 e. The number of hydrogen-bond acceptors (Lipinski definition) is 5. The third kappa shape index (κ3) is 4.54. The van der Waals surface area contributed by atoms with Crippen LogP contribution in [0.1, 0.15) is 0 Å². The molecule has 0 fully saturated rings. The predicted molar refractivity (Wildman–Crippen MR) is 91.5 cm³/mol. The van der Waals surface area contributed by atoms with Gasteiger partial charge in [0.15, 0.2) is 0 Å². The van der Waals surface area contributed by atoms with Crippen molar-refractivity contribution in [2.75, 3.05) is 32.1 Å². The van der Waals surface area contributed by atoms with Crippen molar-refractivity contribution < 1.29 is 27.3 Å². The summed E-state index contributed by atoms with van der Waals surface area (Å²) in [4.78, 5) is 19.2. The van der Waals surface area contributed by atoms with E-state index in [1.807, 2.05) is 31.1 Å². The van der Waals surface area contributed by atoms with Crippen LogP contribution in [0.3, 0.4) is 0 Å². The van der Waals surface area contributed by atoms with Crippen LogP contribution in [0.15, 0.2) is 41.3 Å². The molecule has 2 aromatic rings. The molecule has 0 aliphatic carbocycles. The number of benzene rings is 2. The summed E-state index contributed by atoms with van der Waals surface area (Å²) in [5, 5.41) is 1.35. The summed E-state index contributed by atoms with van der Waals surface area (Å²) in [5.41, 5.74) is 0.884. The number of anilines is 1. The molecule has 8 nitrogen and oxygen atoms in total. The molecule has 10 heteroatoms. The Balaban J connectivity index is 2.31. The zero-order valence-electron chi connectivity index (χ0n) is 13.2. The Morgan fingerprint density at radius 1 is 1.12 bits per heavy atom. The highest BCUT2D eigenvalue weighted by Gasteiger charge is 2.19. The molecule has 2 aromatic carbocycles. The van der Waals surface area contributed by atoms with Crippen molar-refractivity contribution >= 4 is 34.3 Å². The first kappa shape index (κ1) is 18.9. The van der Waals surface area contributed by atoms with E-state index in [9.17, 15) is 13.0 Å². The number of sulfonamides is 1. The van der Waals surface area contributed by atoms with Gasteiger partial charge in [0.05, 0.1) is 11.5 Å². The molecule has 0 aliphatic heterocycles. The Morgan fingerprint density at radius 3 is 2.38 bits per heavy atom. The van der Waals surface area contributed by atoms with Crippen LogP contribution in [0.2, 0.25) is 0 Å². The Labute approximate surface area is 140 Å². The van der Waals surface area contributed by atoms with E-state index in [-0.39, 0.29) is 11.4 Å². The second-order valence-corrected chi connectivity index (χ2v) is 8.22. The van der Waals surface area contributed by atoms with E-state index < -0.39 is 24.5 Å². The summed E-state index contributed by atoms with van der Waals surface area (Å²) in [7, 11) is -4.73. The maximum atomic E-state index is 12.5. The lowest BCUT2D eigenvalue weighted by molar-refractivity contribution is 0.200. The molecule has 0 bridgehead atoms. The fourth-order valence-electron chi connectivity index (χ4n) is 2.31. The number of hydrogen-bond donors (Lipinski definition) is 3. The van der Waals surface area contributed by atoms with E-state index in [1.165, 1.54) is 6.07 Å². The van der Waals surface area contributed by atoms with Crippen LogP contribution in [-0.2, 0) is 19.1 Å². The fraction of sp³-hybridized carbons (Fsp3) is 0.286. The summed E-state index contributed by atoms with van der Waals surface area (Å²) < 4.78 is 42.1. The van der Waals surface area contributed by atoms with Crippen LogP contribution in [0.25, 0.3) is 10.8 Å². The average molecular weight is 374 g/mol. The minimum atomic E-state index is -4.62. The second-order valence-electron chi connectivity index (χ2n) is 5.24. The number of phosphoric ester groups is 1. The monoisotopic (exact) mass is 374 g/mol. The van der Waals surface area contributed by atoms with Gasteiger partial charge in [-0.3, -0.25) is 4.52 Å². The summed E-state index contributed by atoms with van der Waals surface area (Å²) in [6, 6.07) is 10.3. The zero-order valence-corrected chi connectivity index (χ0v) is 14.9. The Morgan fingerprint density at radius 2 is 1.75 bits per heavy atom. The SMILES string of the molecule is CN(C)c1cccc2c(S(=O)(=O)NCCOP(=O)(O)O)cccc12. The van der Waals surface area contributed by atoms with Crippen molar-refractivity contribution in [1.29, 1.82) is 0 Å². The Bertz CT molecular complexity index is 878. The van der Waals surface area contributed by atoms with Crippen LogP contribution in [-0.4, -0.2) is 45.5 Å². The minimum Gasteiger partial charge on any atom is -0.377 e. The first-order valence-electron chi connectivity index (χ1n) is 7.01. The number of nitrogens with zero attached hydrogens (tertiary/aromatic N) is 1. The smallest absolute Gasteiger partial charge is 0.377 e. The van der Waals surface area contributed by atoms with Gasteiger partial charge >= 0.3 is 7.82 Å². The van der Waals surface area contributed by atoms with Crippen LogP contribution >= 0.6 is 7.82 Å². The van der Waals surface area contributed by atoms with E-state index in [0.717, 1.165) is 11.1 Å². The van der Waals surface area contributed by atoms with E-state index in [2.05, 4.69) is 9.25 Å². The molecule has 0 amide bonds. The first-order valence-corrected chi connectivity index (χ1v) is 10.0. The number of nitrogens with one attached hydrogen (secondary N) is 1. The maximum absolute atomic E-state index is 12.5. The number of phosphoric acid groups is 1. The second kappa shape index (κ2) is 7.18. The largest absolute Gasteiger partial charge is 0.469 e. The van der Waals surface area contributed by atoms with E-state index in [1.54, 1.807) is 18.2 Å². The summed E-state index contributed by atoms with van der Waals surface area (Å²) in [6.07, 6.45) is 0. The Hall–Kier alpha value is -1.48. The normalized spacial score (nSPS) is 12.5. The van der Waals surface area contributed by atoms with Crippen molar-refractivity contribution in [1.82, 2.24) is 4.72 Å². The third-order valence-corrected chi connectivity index (χ3v) is 5.32.